The quantitative estimate of drug-likeness (QED) is 0.703. The third kappa shape index (κ3) is 1.92. The molecule has 1 heterocycles. The van der Waals surface area contributed by atoms with Crippen LogP contribution in [-0.4, -0.2) is 22.8 Å². The van der Waals surface area contributed by atoms with E-state index in [1.54, 1.807) is 0 Å². The van der Waals surface area contributed by atoms with Gasteiger partial charge in [-0.1, -0.05) is 19.3 Å². The summed E-state index contributed by atoms with van der Waals surface area (Å²) in [6.45, 7) is 0. The number of ether oxygens (including phenoxy) is 1. The summed E-state index contributed by atoms with van der Waals surface area (Å²) in [7, 11) is 0. The number of carboxylic acid groups (broad SMARTS) is 1. The number of hydrogen-bond donors (Lipinski definition) is 1. The molecule has 0 aromatic rings. The third-order valence-electron chi connectivity index (χ3n) is 3.53. The SMILES string of the molecule is O=C(O)C1CCCC2(CCCCC2)O1. The lowest BCUT2D eigenvalue weighted by atomic mass is 9.79. The zero-order chi connectivity index (χ0) is 10.0. The van der Waals surface area contributed by atoms with Crippen LogP contribution in [0.15, 0.2) is 0 Å². The molecule has 1 saturated heterocycles. The molecule has 1 aliphatic carbocycles. The maximum atomic E-state index is 10.9. The molecule has 3 nitrogen and oxygen atoms in total. The number of carbonyl (C=O) groups is 1. The van der Waals surface area contributed by atoms with E-state index in [1.807, 2.05) is 0 Å². The normalized spacial score (nSPS) is 31.6. The van der Waals surface area contributed by atoms with E-state index in [4.69, 9.17) is 9.84 Å². The van der Waals surface area contributed by atoms with Gasteiger partial charge in [-0.05, 0) is 32.1 Å². The fourth-order valence-corrected chi connectivity index (χ4v) is 2.77. The first kappa shape index (κ1) is 9.97. The standard InChI is InChI=1S/C11H18O3/c12-10(13)9-5-4-8-11(14-9)6-2-1-3-7-11/h9H,1-8H2,(H,12,13). The molecule has 80 valence electrons. The highest BCUT2D eigenvalue weighted by Gasteiger charge is 2.40. The second kappa shape index (κ2) is 3.89. The lowest BCUT2D eigenvalue weighted by molar-refractivity contribution is -0.181. The minimum atomic E-state index is -0.783. The number of carboxylic acids is 1. The summed E-state index contributed by atoms with van der Waals surface area (Å²) >= 11 is 0. The molecule has 0 aromatic heterocycles. The Labute approximate surface area is 84.4 Å². The smallest absolute Gasteiger partial charge is 0.332 e. The average molecular weight is 198 g/mol. The summed E-state index contributed by atoms with van der Waals surface area (Å²) in [5, 5.41) is 8.93. The van der Waals surface area contributed by atoms with Crippen molar-refractivity contribution in [1.29, 1.82) is 0 Å². The number of hydrogen-bond acceptors (Lipinski definition) is 2. The fraction of sp³-hybridized carbons (Fsp3) is 0.909. The van der Waals surface area contributed by atoms with Gasteiger partial charge in [0.05, 0.1) is 5.60 Å². The van der Waals surface area contributed by atoms with Gasteiger partial charge < -0.3 is 9.84 Å². The number of aliphatic carboxylic acids is 1. The molecule has 1 aliphatic heterocycles. The molecular weight excluding hydrogens is 180 g/mol. The van der Waals surface area contributed by atoms with E-state index in [9.17, 15) is 4.79 Å². The molecule has 1 atom stereocenters. The molecule has 0 bridgehead atoms. The molecule has 3 heteroatoms. The summed E-state index contributed by atoms with van der Waals surface area (Å²) in [6.07, 6.45) is 8.04. The summed E-state index contributed by atoms with van der Waals surface area (Å²) < 4.78 is 5.78. The van der Waals surface area contributed by atoms with Gasteiger partial charge in [0.15, 0.2) is 6.10 Å². The molecule has 0 radical (unpaired) electrons. The summed E-state index contributed by atoms with van der Waals surface area (Å²) in [4.78, 5) is 10.9. The molecule has 1 unspecified atom stereocenters. The van der Waals surface area contributed by atoms with E-state index in [1.165, 1.54) is 19.3 Å². The maximum absolute atomic E-state index is 10.9. The van der Waals surface area contributed by atoms with Gasteiger partial charge in [-0.3, -0.25) is 0 Å². The predicted octanol–water partition coefficient (Wildman–Crippen LogP) is 2.34. The van der Waals surface area contributed by atoms with E-state index in [0.29, 0.717) is 6.42 Å². The molecule has 0 aromatic carbocycles. The molecule has 2 fully saturated rings. The van der Waals surface area contributed by atoms with Gasteiger partial charge in [0.25, 0.3) is 0 Å². The van der Waals surface area contributed by atoms with Crippen molar-refractivity contribution < 1.29 is 14.6 Å². The molecule has 1 saturated carbocycles. The maximum Gasteiger partial charge on any atom is 0.332 e. The molecule has 14 heavy (non-hydrogen) atoms. The molecule has 0 amide bonds. The molecule has 1 spiro atoms. The molecule has 2 aliphatic rings. The monoisotopic (exact) mass is 198 g/mol. The van der Waals surface area contributed by atoms with Crippen LogP contribution >= 0.6 is 0 Å². The highest BCUT2D eigenvalue weighted by molar-refractivity contribution is 5.72. The van der Waals surface area contributed by atoms with Gasteiger partial charge in [-0.25, -0.2) is 4.79 Å². The van der Waals surface area contributed by atoms with Crippen molar-refractivity contribution in [2.45, 2.75) is 63.1 Å². The Kier molecular flexibility index (Phi) is 2.77. The first-order valence-corrected chi connectivity index (χ1v) is 5.63. The van der Waals surface area contributed by atoms with Gasteiger partial charge >= 0.3 is 5.97 Å². The Morgan fingerprint density at radius 2 is 1.79 bits per heavy atom. The third-order valence-corrected chi connectivity index (χ3v) is 3.53. The van der Waals surface area contributed by atoms with Crippen LogP contribution in [0.25, 0.3) is 0 Å². The highest BCUT2D eigenvalue weighted by atomic mass is 16.5. The van der Waals surface area contributed by atoms with Crippen molar-refractivity contribution in [1.82, 2.24) is 0 Å². The first-order valence-electron chi connectivity index (χ1n) is 5.63. The van der Waals surface area contributed by atoms with Crippen LogP contribution in [0.2, 0.25) is 0 Å². The van der Waals surface area contributed by atoms with Crippen LogP contribution < -0.4 is 0 Å². The fourth-order valence-electron chi connectivity index (χ4n) is 2.77. The van der Waals surface area contributed by atoms with Gasteiger partial charge in [0.2, 0.25) is 0 Å². The van der Waals surface area contributed by atoms with E-state index in [-0.39, 0.29) is 5.60 Å². The van der Waals surface area contributed by atoms with Crippen LogP contribution in [0.1, 0.15) is 51.4 Å². The Balaban J connectivity index is 2.01. The van der Waals surface area contributed by atoms with Crippen LogP contribution in [0, 0.1) is 0 Å². The topological polar surface area (TPSA) is 46.5 Å². The van der Waals surface area contributed by atoms with E-state index in [2.05, 4.69) is 0 Å². The summed E-state index contributed by atoms with van der Waals surface area (Å²) in [5.41, 5.74) is -0.0699. The summed E-state index contributed by atoms with van der Waals surface area (Å²) in [6, 6.07) is 0. The van der Waals surface area contributed by atoms with Crippen LogP contribution in [0.4, 0.5) is 0 Å². The van der Waals surface area contributed by atoms with Crippen molar-refractivity contribution in [2.24, 2.45) is 0 Å². The van der Waals surface area contributed by atoms with Crippen molar-refractivity contribution >= 4 is 5.97 Å². The van der Waals surface area contributed by atoms with Crippen molar-refractivity contribution in [3.63, 3.8) is 0 Å². The zero-order valence-electron chi connectivity index (χ0n) is 8.50. The Morgan fingerprint density at radius 3 is 2.43 bits per heavy atom. The minimum absolute atomic E-state index is 0.0699. The van der Waals surface area contributed by atoms with Crippen molar-refractivity contribution in [3.05, 3.63) is 0 Å². The Hall–Kier alpha value is -0.570. The molecular formula is C11H18O3. The average Bonchev–Trinajstić information content (AvgIpc) is 2.19. The van der Waals surface area contributed by atoms with E-state index in [0.717, 1.165) is 25.7 Å². The number of rotatable bonds is 1. The Morgan fingerprint density at radius 1 is 1.14 bits per heavy atom. The van der Waals surface area contributed by atoms with E-state index < -0.39 is 12.1 Å². The molecule has 1 N–H and O–H groups in total. The van der Waals surface area contributed by atoms with Gasteiger partial charge in [-0.15, -0.1) is 0 Å². The van der Waals surface area contributed by atoms with Crippen molar-refractivity contribution in [2.75, 3.05) is 0 Å². The summed E-state index contributed by atoms with van der Waals surface area (Å²) in [5.74, 6) is -0.783. The van der Waals surface area contributed by atoms with Gasteiger partial charge in [0.1, 0.15) is 0 Å². The zero-order valence-corrected chi connectivity index (χ0v) is 8.50. The lowest BCUT2D eigenvalue weighted by Crippen LogP contribution is -2.44. The minimum Gasteiger partial charge on any atom is -0.479 e. The highest BCUT2D eigenvalue weighted by Crippen LogP contribution is 2.40. The van der Waals surface area contributed by atoms with Crippen molar-refractivity contribution in [3.8, 4) is 0 Å². The molecule has 2 rings (SSSR count). The van der Waals surface area contributed by atoms with Gasteiger partial charge in [0, 0.05) is 0 Å². The van der Waals surface area contributed by atoms with E-state index >= 15 is 0 Å². The first-order chi connectivity index (χ1) is 6.72. The van der Waals surface area contributed by atoms with Crippen LogP contribution in [0.5, 0.6) is 0 Å². The van der Waals surface area contributed by atoms with Gasteiger partial charge in [-0.2, -0.15) is 0 Å². The second-order valence-electron chi connectivity index (χ2n) is 4.58. The Bertz CT molecular complexity index is 213. The second-order valence-corrected chi connectivity index (χ2v) is 4.58. The lowest BCUT2D eigenvalue weighted by Gasteiger charge is -2.42. The largest absolute Gasteiger partial charge is 0.479 e. The van der Waals surface area contributed by atoms with Crippen LogP contribution in [-0.2, 0) is 9.53 Å². The van der Waals surface area contributed by atoms with Crippen LogP contribution in [0.3, 0.4) is 0 Å². The predicted molar refractivity (Wildman–Crippen MR) is 52.2 cm³/mol.